The van der Waals surface area contributed by atoms with Crippen LogP contribution in [0.5, 0.6) is 5.75 Å². The van der Waals surface area contributed by atoms with Crippen LogP contribution in [-0.4, -0.2) is 29.5 Å². The number of aromatic nitrogens is 2. The summed E-state index contributed by atoms with van der Waals surface area (Å²) >= 11 is 0. The number of hydrogen-bond donors (Lipinski definition) is 2. The van der Waals surface area contributed by atoms with Gasteiger partial charge in [0, 0.05) is 24.6 Å². The van der Waals surface area contributed by atoms with E-state index in [0.29, 0.717) is 18.1 Å². The van der Waals surface area contributed by atoms with Crippen LogP contribution in [0.4, 0.5) is 11.6 Å². The molecule has 6 heteroatoms. The van der Waals surface area contributed by atoms with Gasteiger partial charge < -0.3 is 15.4 Å². The summed E-state index contributed by atoms with van der Waals surface area (Å²) in [6.07, 6.45) is 4.79. The van der Waals surface area contributed by atoms with Gasteiger partial charge in [0.2, 0.25) is 5.95 Å². The maximum atomic E-state index is 12.3. The summed E-state index contributed by atoms with van der Waals surface area (Å²) < 4.78 is 5.35. The van der Waals surface area contributed by atoms with Gasteiger partial charge in [-0.3, -0.25) is 4.79 Å². The minimum absolute atomic E-state index is 0.232. The highest BCUT2D eigenvalue weighted by molar-refractivity contribution is 6.03. The van der Waals surface area contributed by atoms with Crippen LogP contribution >= 0.6 is 0 Å². The third kappa shape index (κ3) is 5.07. The van der Waals surface area contributed by atoms with Crippen LogP contribution in [0.1, 0.15) is 28.4 Å². The molecule has 6 nitrogen and oxygen atoms in total. The van der Waals surface area contributed by atoms with Gasteiger partial charge >= 0.3 is 0 Å². The molecule has 0 atom stereocenters. The lowest BCUT2D eigenvalue weighted by atomic mass is 10.1. The SMILES string of the molecule is CCc1ccc(NC(=O)c2cnc(NCCc3ccccc3OC)nc2)cc1. The molecule has 144 valence electrons. The number of anilines is 2. The zero-order valence-electron chi connectivity index (χ0n) is 16.1. The van der Waals surface area contributed by atoms with Crippen molar-refractivity contribution in [2.45, 2.75) is 19.8 Å². The first-order chi connectivity index (χ1) is 13.7. The Morgan fingerprint density at radius 2 is 1.75 bits per heavy atom. The smallest absolute Gasteiger partial charge is 0.258 e. The Morgan fingerprint density at radius 3 is 2.43 bits per heavy atom. The van der Waals surface area contributed by atoms with Crippen molar-refractivity contribution in [3.05, 3.63) is 77.6 Å². The molecule has 2 N–H and O–H groups in total. The van der Waals surface area contributed by atoms with Gasteiger partial charge in [-0.1, -0.05) is 37.3 Å². The average molecular weight is 376 g/mol. The Hall–Kier alpha value is -3.41. The van der Waals surface area contributed by atoms with Gasteiger partial charge in [-0.05, 0) is 42.2 Å². The second kappa shape index (κ2) is 9.50. The summed E-state index contributed by atoms with van der Waals surface area (Å²) in [6, 6.07) is 15.7. The number of amides is 1. The molecule has 0 radical (unpaired) electrons. The van der Waals surface area contributed by atoms with E-state index in [-0.39, 0.29) is 5.91 Å². The highest BCUT2D eigenvalue weighted by Crippen LogP contribution is 2.17. The number of hydrogen-bond acceptors (Lipinski definition) is 5. The Balaban J connectivity index is 1.53. The first kappa shape index (κ1) is 19.4. The summed E-state index contributed by atoms with van der Waals surface area (Å²) in [4.78, 5) is 20.8. The number of aryl methyl sites for hydroxylation is 1. The summed E-state index contributed by atoms with van der Waals surface area (Å²) in [5.41, 5.74) is 3.50. The van der Waals surface area contributed by atoms with E-state index in [4.69, 9.17) is 4.74 Å². The number of benzene rings is 2. The number of nitrogens with zero attached hydrogens (tertiary/aromatic N) is 2. The Labute approximate surface area is 165 Å². The van der Waals surface area contributed by atoms with Crippen LogP contribution < -0.4 is 15.4 Å². The van der Waals surface area contributed by atoms with Crippen molar-refractivity contribution in [3.8, 4) is 5.75 Å². The van der Waals surface area contributed by atoms with Crippen LogP contribution in [0.2, 0.25) is 0 Å². The van der Waals surface area contributed by atoms with Crippen LogP contribution in [0.15, 0.2) is 60.9 Å². The first-order valence-electron chi connectivity index (χ1n) is 9.27. The standard InChI is InChI=1S/C22H24N4O2/c1-3-16-8-10-19(11-9-16)26-21(27)18-14-24-22(25-15-18)23-13-12-17-6-4-5-7-20(17)28-2/h4-11,14-15H,3,12-13H2,1-2H3,(H,26,27)(H,23,24,25). The van der Waals surface area contributed by atoms with Crippen molar-refractivity contribution in [1.29, 1.82) is 0 Å². The monoisotopic (exact) mass is 376 g/mol. The fraction of sp³-hybridized carbons (Fsp3) is 0.227. The molecule has 2 aromatic carbocycles. The lowest BCUT2D eigenvalue weighted by molar-refractivity contribution is 0.102. The molecule has 0 saturated carbocycles. The normalized spacial score (nSPS) is 10.4. The van der Waals surface area contributed by atoms with Crippen LogP contribution in [0.3, 0.4) is 0 Å². The van der Waals surface area contributed by atoms with E-state index in [1.807, 2.05) is 48.5 Å². The molecule has 0 unspecified atom stereocenters. The number of carbonyl (C=O) groups excluding carboxylic acids is 1. The molecule has 0 aliphatic rings. The van der Waals surface area contributed by atoms with Crippen molar-refractivity contribution >= 4 is 17.5 Å². The predicted octanol–water partition coefficient (Wildman–Crippen LogP) is 3.95. The lowest BCUT2D eigenvalue weighted by Gasteiger charge is -2.09. The predicted molar refractivity (Wildman–Crippen MR) is 111 cm³/mol. The number of para-hydroxylation sites is 1. The molecule has 1 aromatic heterocycles. The molecule has 1 amide bonds. The summed E-state index contributed by atoms with van der Waals surface area (Å²) in [7, 11) is 1.66. The molecule has 0 saturated heterocycles. The minimum atomic E-state index is -0.232. The number of methoxy groups -OCH3 is 1. The van der Waals surface area contributed by atoms with Gasteiger partial charge in [0.1, 0.15) is 5.75 Å². The molecule has 1 heterocycles. The number of rotatable bonds is 8. The van der Waals surface area contributed by atoms with Gasteiger partial charge in [0.15, 0.2) is 0 Å². The molecule has 0 fully saturated rings. The number of nitrogens with one attached hydrogen (secondary N) is 2. The van der Waals surface area contributed by atoms with Gasteiger partial charge in [-0.15, -0.1) is 0 Å². The van der Waals surface area contributed by atoms with Crippen molar-refractivity contribution in [1.82, 2.24) is 9.97 Å². The van der Waals surface area contributed by atoms with Gasteiger partial charge in [0.25, 0.3) is 5.91 Å². The molecule has 3 rings (SSSR count). The van der Waals surface area contributed by atoms with E-state index < -0.39 is 0 Å². The average Bonchev–Trinajstić information content (AvgIpc) is 2.75. The Kier molecular flexibility index (Phi) is 6.57. The third-order valence-electron chi connectivity index (χ3n) is 4.40. The van der Waals surface area contributed by atoms with Crippen molar-refractivity contribution < 1.29 is 9.53 Å². The molecule has 0 bridgehead atoms. The zero-order valence-corrected chi connectivity index (χ0v) is 16.1. The van der Waals surface area contributed by atoms with Crippen LogP contribution in [-0.2, 0) is 12.8 Å². The Morgan fingerprint density at radius 1 is 1.04 bits per heavy atom. The molecule has 0 aliphatic heterocycles. The van der Waals surface area contributed by atoms with Gasteiger partial charge in [-0.25, -0.2) is 9.97 Å². The van der Waals surface area contributed by atoms with E-state index in [1.54, 1.807) is 7.11 Å². The van der Waals surface area contributed by atoms with Crippen molar-refractivity contribution in [2.24, 2.45) is 0 Å². The summed E-state index contributed by atoms with van der Waals surface area (Å²) in [5, 5.41) is 6.02. The first-order valence-corrected chi connectivity index (χ1v) is 9.27. The van der Waals surface area contributed by atoms with Gasteiger partial charge in [0.05, 0.1) is 12.7 Å². The second-order valence-corrected chi connectivity index (χ2v) is 6.29. The number of ether oxygens (including phenoxy) is 1. The second-order valence-electron chi connectivity index (χ2n) is 6.29. The number of carbonyl (C=O) groups is 1. The highest BCUT2D eigenvalue weighted by atomic mass is 16.5. The van der Waals surface area contributed by atoms with E-state index in [9.17, 15) is 4.79 Å². The third-order valence-corrected chi connectivity index (χ3v) is 4.40. The molecule has 28 heavy (non-hydrogen) atoms. The highest BCUT2D eigenvalue weighted by Gasteiger charge is 2.08. The summed E-state index contributed by atoms with van der Waals surface area (Å²) in [5.74, 6) is 1.12. The zero-order chi connectivity index (χ0) is 19.8. The largest absolute Gasteiger partial charge is 0.496 e. The molecule has 3 aromatic rings. The lowest BCUT2D eigenvalue weighted by Crippen LogP contribution is -2.14. The van der Waals surface area contributed by atoms with E-state index in [1.165, 1.54) is 18.0 Å². The summed E-state index contributed by atoms with van der Waals surface area (Å²) in [6.45, 7) is 2.76. The van der Waals surface area contributed by atoms with Crippen molar-refractivity contribution in [3.63, 3.8) is 0 Å². The Bertz CT molecular complexity index is 909. The van der Waals surface area contributed by atoms with Gasteiger partial charge in [-0.2, -0.15) is 0 Å². The minimum Gasteiger partial charge on any atom is -0.496 e. The fourth-order valence-electron chi connectivity index (χ4n) is 2.78. The van der Waals surface area contributed by atoms with E-state index >= 15 is 0 Å². The van der Waals surface area contributed by atoms with Crippen molar-refractivity contribution in [2.75, 3.05) is 24.3 Å². The molecular weight excluding hydrogens is 352 g/mol. The molecular formula is C22H24N4O2. The molecule has 0 aliphatic carbocycles. The van der Waals surface area contributed by atoms with E-state index in [0.717, 1.165) is 29.8 Å². The maximum Gasteiger partial charge on any atom is 0.258 e. The van der Waals surface area contributed by atoms with Crippen LogP contribution in [0.25, 0.3) is 0 Å². The maximum absolute atomic E-state index is 12.3. The van der Waals surface area contributed by atoms with E-state index in [2.05, 4.69) is 27.5 Å². The van der Waals surface area contributed by atoms with Crippen LogP contribution in [0, 0.1) is 0 Å². The topological polar surface area (TPSA) is 76.1 Å². The fourth-order valence-corrected chi connectivity index (χ4v) is 2.78. The molecule has 0 spiro atoms. The quantitative estimate of drug-likeness (QED) is 0.622.